The lowest BCUT2D eigenvalue weighted by atomic mass is 9.89. The molecule has 1 aliphatic rings. The molecule has 0 fully saturated rings. The number of hydrogen-bond acceptors (Lipinski definition) is 3. The first kappa shape index (κ1) is 17.7. The fraction of sp³-hybridized carbons (Fsp3) is 0.579. The fourth-order valence-corrected chi connectivity index (χ4v) is 3.01. The van der Waals surface area contributed by atoms with Gasteiger partial charge in [0, 0.05) is 31.6 Å². The van der Waals surface area contributed by atoms with Gasteiger partial charge in [0.15, 0.2) is 5.78 Å². The van der Waals surface area contributed by atoms with E-state index in [2.05, 4.69) is 11.4 Å². The van der Waals surface area contributed by atoms with Crippen LogP contribution in [0.2, 0.25) is 0 Å². The van der Waals surface area contributed by atoms with Gasteiger partial charge in [-0.3, -0.25) is 9.59 Å². The van der Waals surface area contributed by atoms with Crippen molar-refractivity contribution in [2.75, 3.05) is 13.2 Å². The highest BCUT2D eigenvalue weighted by atomic mass is 16.2. The van der Waals surface area contributed by atoms with E-state index in [-0.39, 0.29) is 31.1 Å². The third-order valence-electron chi connectivity index (χ3n) is 4.41. The lowest BCUT2D eigenvalue weighted by Gasteiger charge is -2.16. The van der Waals surface area contributed by atoms with E-state index in [4.69, 9.17) is 5.11 Å². The Hall–Kier alpha value is -1.68. The number of Topliss-reactive ketones (excluding diaryl/α,β-unsaturated/α-hetero) is 1. The molecule has 1 aromatic rings. The van der Waals surface area contributed by atoms with E-state index in [1.165, 1.54) is 24.0 Å². The minimum atomic E-state index is -0.0692. The third-order valence-corrected chi connectivity index (χ3v) is 4.41. The molecule has 0 saturated heterocycles. The number of aliphatic hydroxyl groups is 1. The molecule has 4 nitrogen and oxygen atoms in total. The summed E-state index contributed by atoms with van der Waals surface area (Å²) in [6, 6.07) is 5.99. The minimum Gasteiger partial charge on any atom is -0.396 e. The van der Waals surface area contributed by atoms with E-state index in [0.717, 1.165) is 37.7 Å². The number of carbonyl (C=O) groups excluding carboxylic acids is 2. The minimum absolute atomic E-state index is 0.0498. The second-order valence-corrected chi connectivity index (χ2v) is 6.25. The number of amides is 1. The second-order valence-electron chi connectivity index (χ2n) is 6.25. The molecule has 2 N–H and O–H groups in total. The molecule has 0 saturated carbocycles. The highest BCUT2D eigenvalue weighted by Gasteiger charge is 2.13. The van der Waals surface area contributed by atoms with Crippen molar-refractivity contribution >= 4 is 11.7 Å². The van der Waals surface area contributed by atoms with Crippen LogP contribution < -0.4 is 5.32 Å². The molecule has 0 unspecified atom stereocenters. The first-order valence-electron chi connectivity index (χ1n) is 8.73. The fourth-order valence-electron chi connectivity index (χ4n) is 3.01. The Morgan fingerprint density at radius 2 is 1.78 bits per heavy atom. The molecule has 1 amide bonds. The average molecular weight is 317 g/mol. The van der Waals surface area contributed by atoms with Crippen molar-refractivity contribution in [2.45, 2.75) is 57.8 Å². The summed E-state index contributed by atoms with van der Waals surface area (Å²) in [7, 11) is 0. The molecule has 0 spiro atoms. The summed E-state index contributed by atoms with van der Waals surface area (Å²) in [5.74, 6) is -0.0193. The highest BCUT2D eigenvalue weighted by Crippen LogP contribution is 2.22. The number of aryl methyl sites for hydroxylation is 2. The normalized spacial score (nSPS) is 13.4. The van der Waals surface area contributed by atoms with Gasteiger partial charge in [-0.05, 0) is 62.1 Å². The number of rotatable bonds is 9. The standard InChI is InChI=1S/C19H27NO3/c21-13-5-1-4-12-20-19(23)11-10-18(22)17-9-8-15-6-2-3-7-16(15)14-17/h8-9,14,21H,1-7,10-13H2,(H,20,23). The molecule has 1 aliphatic carbocycles. The Kier molecular flexibility index (Phi) is 7.27. The summed E-state index contributed by atoms with van der Waals surface area (Å²) in [6.07, 6.45) is 7.66. The summed E-state index contributed by atoms with van der Waals surface area (Å²) < 4.78 is 0. The maximum absolute atomic E-state index is 12.2. The van der Waals surface area contributed by atoms with Crippen LogP contribution in [-0.4, -0.2) is 29.9 Å². The van der Waals surface area contributed by atoms with Gasteiger partial charge in [0.25, 0.3) is 0 Å². The Morgan fingerprint density at radius 1 is 1.00 bits per heavy atom. The predicted molar refractivity (Wildman–Crippen MR) is 90.6 cm³/mol. The Labute approximate surface area is 138 Å². The highest BCUT2D eigenvalue weighted by molar-refractivity contribution is 5.98. The van der Waals surface area contributed by atoms with Crippen molar-refractivity contribution in [1.29, 1.82) is 0 Å². The Morgan fingerprint density at radius 3 is 2.57 bits per heavy atom. The van der Waals surface area contributed by atoms with Crippen LogP contribution in [0.15, 0.2) is 18.2 Å². The van der Waals surface area contributed by atoms with Gasteiger partial charge in [0.1, 0.15) is 0 Å². The molecule has 0 aromatic heterocycles. The van der Waals surface area contributed by atoms with Gasteiger partial charge in [-0.2, -0.15) is 0 Å². The monoisotopic (exact) mass is 317 g/mol. The number of aliphatic hydroxyl groups excluding tert-OH is 1. The van der Waals surface area contributed by atoms with Gasteiger partial charge in [-0.15, -0.1) is 0 Å². The van der Waals surface area contributed by atoms with Crippen LogP contribution in [0.3, 0.4) is 0 Å². The molecule has 0 atom stereocenters. The second kappa shape index (κ2) is 9.46. The number of fused-ring (bicyclic) bond motifs is 1. The smallest absolute Gasteiger partial charge is 0.220 e. The number of unbranched alkanes of at least 4 members (excludes halogenated alkanes) is 2. The number of nitrogens with one attached hydrogen (secondary N) is 1. The Balaban J connectivity index is 1.73. The SMILES string of the molecule is O=C(CCC(=O)c1ccc2c(c1)CCCC2)NCCCCCO. The lowest BCUT2D eigenvalue weighted by Crippen LogP contribution is -2.24. The molecule has 0 heterocycles. The van der Waals surface area contributed by atoms with Gasteiger partial charge < -0.3 is 10.4 Å². The van der Waals surface area contributed by atoms with Crippen LogP contribution >= 0.6 is 0 Å². The van der Waals surface area contributed by atoms with Crippen LogP contribution in [0, 0.1) is 0 Å². The third kappa shape index (κ3) is 5.79. The van der Waals surface area contributed by atoms with Crippen LogP contribution in [-0.2, 0) is 17.6 Å². The number of benzene rings is 1. The molecule has 2 rings (SSSR count). The summed E-state index contributed by atoms with van der Waals surface area (Å²) in [5, 5.41) is 11.5. The zero-order valence-corrected chi connectivity index (χ0v) is 13.8. The summed E-state index contributed by atoms with van der Waals surface area (Å²) in [6.45, 7) is 0.815. The Bertz CT molecular complexity index is 539. The summed E-state index contributed by atoms with van der Waals surface area (Å²) >= 11 is 0. The van der Waals surface area contributed by atoms with Crippen LogP contribution in [0.5, 0.6) is 0 Å². The summed E-state index contributed by atoms with van der Waals surface area (Å²) in [4.78, 5) is 24.0. The van der Waals surface area contributed by atoms with Gasteiger partial charge >= 0.3 is 0 Å². The van der Waals surface area contributed by atoms with Crippen molar-refractivity contribution in [3.8, 4) is 0 Å². The van der Waals surface area contributed by atoms with Crippen LogP contribution in [0.25, 0.3) is 0 Å². The molecule has 1 aromatic carbocycles. The topological polar surface area (TPSA) is 66.4 Å². The number of ketones is 1. The summed E-state index contributed by atoms with van der Waals surface area (Å²) in [5.41, 5.74) is 3.41. The molecule has 4 heteroatoms. The van der Waals surface area contributed by atoms with E-state index < -0.39 is 0 Å². The van der Waals surface area contributed by atoms with E-state index in [1.54, 1.807) is 0 Å². The molecule has 23 heavy (non-hydrogen) atoms. The number of hydrogen-bond donors (Lipinski definition) is 2. The van der Waals surface area contributed by atoms with Gasteiger partial charge in [0.05, 0.1) is 0 Å². The zero-order valence-electron chi connectivity index (χ0n) is 13.8. The lowest BCUT2D eigenvalue weighted by molar-refractivity contribution is -0.121. The van der Waals surface area contributed by atoms with Crippen molar-refractivity contribution < 1.29 is 14.7 Å². The molecule has 0 radical (unpaired) electrons. The van der Waals surface area contributed by atoms with Crippen molar-refractivity contribution in [3.63, 3.8) is 0 Å². The van der Waals surface area contributed by atoms with Crippen molar-refractivity contribution in [1.82, 2.24) is 5.32 Å². The van der Waals surface area contributed by atoms with Gasteiger partial charge in [0.2, 0.25) is 5.91 Å². The van der Waals surface area contributed by atoms with Crippen LogP contribution in [0.1, 0.15) is 66.4 Å². The van der Waals surface area contributed by atoms with E-state index in [1.807, 2.05) is 12.1 Å². The maximum Gasteiger partial charge on any atom is 0.220 e. The first-order valence-corrected chi connectivity index (χ1v) is 8.73. The molecule has 0 bridgehead atoms. The van der Waals surface area contributed by atoms with E-state index >= 15 is 0 Å². The van der Waals surface area contributed by atoms with Crippen molar-refractivity contribution in [3.05, 3.63) is 34.9 Å². The van der Waals surface area contributed by atoms with E-state index in [0.29, 0.717) is 6.54 Å². The molecular weight excluding hydrogens is 290 g/mol. The average Bonchev–Trinajstić information content (AvgIpc) is 2.59. The predicted octanol–water partition coefficient (Wildman–Crippen LogP) is 2.81. The van der Waals surface area contributed by atoms with E-state index in [9.17, 15) is 9.59 Å². The van der Waals surface area contributed by atoms with Crippen molar-refractivity contribution in [2.24, 2.45) is 0 Å². The van der Waals surface area contributed by atoms with Gasteiger partial charge in [-0.25, -0.2) is 0 Å². The van der Waals surface area contributed by atoms with Crippen LogP contribution in [0.4, 0.5) is 0 Å². The zero-order chi connectivity index (χ0) is 16.5. The largest absolute Gasteiger partial charge is 0.396 e. The first-order chi connectivity index (χ1) is 11.2. The molecule has 126 valence electrons. The molecular formula is C19H27NO3. The van der Waals surface area contributed by atoms with Gasteiger partial charge in [-0.1, -0.05) is 12.1 Å². The molecule has 0 aliphatic heterocycles. The number of carbonyl (C=O) groups is 2. The maximum atomic E-state index is 12.2. The quantitative estimate of drug-likeness (QED) is 0.544.